The first-order valence-electron chi connectivity index (χ1n) is 11.5. The molecule has 10 heteroatoms. The van der Waals surface area contributed by atoms with E-state index in [0.29, 0.717) is 15.7 Å². The van der Waals surface area contributed by atoms with Gasteiger partial charge in [0.05, 0.1) is 26.7 Å². The predicted octanol–water partition coefficient (Wildman–Crippen LogP) is 4.94. The van der Waals surface area contributed by atoms with E-state index < -0.39 is 5.56 Å². The summed E-state index contributed by atoms with van der Waals surface area (Å²) in [6.45, 7) is 3.94. The van der Waals surface area contributed by atoms with Crippen LogP contribution >= 0.6 is 23.2 Å². The van der Waals surface area contributed by atoms with Gasteiger partial charge in [0, 0.05) is 42.9 Å². The van der Waals surface area contributed by atoms with Crippen LogP contribution in [-0.4, -0.2) is 33.7 Å². The van der Waals surface area contributed by atoms with E-state index in [1.54, 1.807) is 18.2 Å². The number of nitrogens with zero attached hydrogens (tertiary/aromatic N) is 5. The highest BCUT2D eigenvalue weighted by atomic mass is 35.5. The monoisotopic (exact) mass is 519 g/mol. The first kappa shape index (κ1) is 24.1. The Morgan fingerprint density at radius 3 is 2.56 bits per heavy atom. The number of hydrogen-bond donors (Lipinski definition) is 2. The van der Waals surface area contributed by atoms with Crippen LogP contribution in [0.1, 0.15) is 24.0 Å². The molecule has 5 rings (SSSR count). The minimum atomic E-state index is -0.424. The lowest BCUT2D eigenvalue weighted by Crippen LogP contribution is -2.39. The Balaban J connectivity index is 1.48. The van der Waals surface area contributed by atoms with E-state index in [2.05, 4.69) is 39.2 Å². The molecule has 3 N–H and O–H groups in total. The van der Waals surface area contributed by atoms with Crippen LogP contribution < -0.4 is 21.5 Å². The highest BCUT2D eigenvalue weighted by molar-refractivity contribution is 6.37. The number of nitriles is 1. The Bertz CT molecular complexity index is 1550. The number of anilines is 3. The molecule has 8 nitrogen and oxygen atoms in total. The second-order valence-corrected chi connectivity index (χ2v) is 9.62. The Hall–Kier alpha value is -3.64. The first-order chi connectivity index (χ1) is 17.4. The summed E-state index contributed by atoms with van der Waals surface area (Å²) in [7, 11) is 0. The number of aryl methyl sites for hydroxylation is 1. The van der Waals surface area contributed by atoms with Crippen LogP contribution in [0.25, 0.3) is 16.6 Å². The maximum Gasteiger partial charge on any atom is 0.266 e. The summed E-state index contributed by atoms with van der Waals surface area (Å²) < 4.78 is 1.26. The number of nitrogens with two attached hydrogens (primary N) is 1. The van der Waals surface area contributed by atoms with E-state index >= 15 is 0 Å². The number of halogens is 2. The van der Waals surface area contributed by atoms with Crippen molar-refractivity contribution in [1.29, 1.82) is 5.26 Å². The second-order valence-electron chi connectivity index (χ2n) is 8.81. The lowest BCUT2D eigenvalue weighted by atomic mass is 10.0. The number of piperidine rings is 1. The maximum atomic E-state index is 13.2. The number of aromatic nitrogens is 3. The van der Waals surface area contributed by atoms with E-state index in [4.69, 9.17) is 28.9 Å². The number of rotatable bonds is 4. The van der Waals surface area contributed by atoms with Gasteiger partial charge < -0.3 is 16.0 Å². The van der Waals surface area contributed by atoms with Crippen molar-refractivity contribution in [3.63, 3.8) is 0 Å². The lowest BCUT2D eigenvalue weighted by Gasteiger charge is -2.33. The van der Waals surface area contributed by atoms with E-state index in [0.717, 1.165) is 37.2 Å². The number of benzene rings is 2. The normalized spacial score (nSPS) is 14.1. The van der Waals surface area contributed by atoms with Gasteiger partial charge in [0.2, 0.25) is 5.95 Å². The molecule has 36 heavy (non-hydrogen) atoms. The highest BCUT2D eigenvalue weighted by Gasteiger charge is 2.19. The van der Waals surface area contributed by atoms with Gasteiger partial charge in [-0.15, -0.1) is 0 Å². The highest BCUT2D eigenvalue weighted by Crippen LogP contribution is 2.30. The molecule has 2 aromatic carbocycles. The van der Waals surface area contributed by atoms with Crippen molar-refractivity contribution in [3.05, 3.63) is 80.3 Å². The molecule has 0 aliphatic carbocycles. The molecule has 4 aromatic rings. The summed E-state index contributed by atoms with van der Waals surface area (Å²) in [5.41, 5.74) is 9.46. The first-order valence-corrected chi connectivity index (χ1v) is 12.3. The van der Waals surface area contributed by atoms with Gasteiger partial charge in [0.1, 0.15) is 11.6 Å². The molecule has 0 saturated carbocycles. The number of nitrogens with one attached hydrogen (secondary N) is 1. The fourth-order valence-electron chi connectivity index (χ4n) is 4.51. The SMILES string of the molecule is Cc1cc(Nc2ncc3c(=O)n(-c4c(Cl)cccc4Cl)cc(C#N)c3n2)ccc1N1CCC(N)CC1. The van der Waals surface area contributed by atoms with Gasteiger partial charge in [-0.3, -0.25) is 9.36 Å². The number of para-hydroxylation sites is 1. The van der Waals surface area contributed by atoms with E-state index in [-0.39, 0.29) is 28.5 Å². The molecule has 1 saturated heterocycles. The molecule has 0 unspecified atom stereocenters. The Labute approximate surface area is 217 Å². The van der Waals surface area contributed by atoms with Crippen LogP contribution in [0.4, 0.5) is 17.3 Å². The molecule has 1 aliphatic heterocycles. The number of fused-ring (bicyclic) bond motifs is 1. The number of pyridine rings is 1. The van der Waals surface area contributed by atoms with Crippen LogP contribution in [0.3, 0.4) is 0 Å². The summed E-state index contributed by atoms with van der Waals surface area (Å²) in [5.74, 6) is 0.281. The minimum Gasteiger partial charge on any atom is -0.371 e. The maximum absolute atomic E-state index is 13.2. The topological polar surface area (TPSA) is 113 Å². The van der Waals surface area contributed by atoms with Crippen molar-refractivity contribution < 1.29 is 0 Å². The van der Waals surface area contributed by atoms with Crippen molar-refractivity contribution in [1.82, 2.24) is 14.5 Å². The van der Waals surface area contributed by atoms with Gasteiger partial charge in [-0.25, -0.2) is 9.97 Å². The van der Waals surface area contributed by atoms with Crippen LogP contribution in [0.2, 0.25) is 10.0 Å². The third-order valence-electron chi connectivity index (χ3n) is 6.38. The molecule has 0 atom stereocenters. The summed E-state index contributed by atoms with van der Waals surface area (Å²) >= 11 is 12.6. The molecule has 1 fully saturated rings. The van der Waals surface area contributed by atoms with Gasteiger partial charge in [0.25, 0.3) is 5.56 Å². The molecule has 2 aromatic heterocycles. The summed E-state index contributed by atoms with van der Waals surface area (Å²) in [6.07, 6.45) is 4.78. The third-order valence-corrected chi connectivity index (χ3v) is 6.99. The largest absolute Gasteiger partial charge is 0.371 e. The van der Waals surface area contributed by atoms with E-state index in [1.165, 1.54) is 22.6 Å². The third kappa shape index (κ3) is 4.49. The van der Waals surface area contributed by atoms with Crippen molar-refractivity contribution in [2.45, 2.75) is 25.8 Å². The lowest BCUT2D eigenvalue weighted by molar-refractivity contribution is 0.501. The summed E-state index contributed by atoms with van der Waals surface area (Å²) in [5, 5.41) is 13.8. The Morgan fingerprint density at radius 2 is 1.89 bits per heavy atom. The van der Waals surface area contributed by atoms with Gasteiger partial charge >= 0.3 is 0 Å². The Kier molecular flexibility index (Phi) is 6.54. The van der Waals surface area contributed by atoms with Crippen molar-refractivity contribution in [2.24, 2.45) is 5.73 Å². The second kappa shape index (κ2) is 9.78. The average molecular weight is 520 g/mol. The summed E-state index contributed by atoms with van der Waals surface area (Å²) in [4.78, 5) is 24.4. The fraction of sp³-hybridized carbons (Fsp3) is 0.231. The minimum absolute atomic E-state index is 0.186. The standard InChI is InChI=1S/C26H23Cl2N7O/c1-15-11-18(5-6-22(15)34-9-7-17(30)8-10-34)32-26-31-13-19-23(33-26)16(12-29)14-35(25(19)36)24-20(27)3-2-4-21(24)28/h2-6,11,13-14,17H,7-10,30H2,1H3,(H,31,32,33). The average Bonchev–Trinajstić information content (AvgIpc) is 2.86. The van der Waals surface area contributed by atoms with E-state index in [1.807, 2.05) is 12.1 Å². The molecular formula is C26H23Cl2N7O. The smallest absolute Gasteiger partial charge is 0.266 e. The van der Waals surface area contributed by atoms with Crippen LogP contribution in [0.5, 0.6) is 0 Å². The molecule has 182 valence electrons. The quantitative estimate of drug-likeness (QED) is 0.392. The zero-order valence-electron chi connectivity index (χ0n) is 19.5. The number of hydrogen-bond acceptors (Lipinski definition) is 7. The molecule has 0 bridgehead atoms. The molecule has 0 spiro atoms. The molecular weight excluding hydrogens is 497 g/mol. The van der Waals surface area contributed by atoms with Gasteiger partial charge in [0.15, 0.2) is 0 Å². The van der Waals surface area contributed by atoms with Crippen LogP contribution in [-0.2, 0) is 0 Å². The zero-order valence-corrected chi connectivity index (χ0v) is 21.0. The zero-order chi connectivity index (χ0) is 25.4. The fourth-order valence-corrected chi connectivity index (χ4v) is 5.09. The Morgan fingerprint density at radius 1 is 1.17 bits per heavy atom. The van der Waals surface area contributed by atoms with Gasteiger partial charge in [-0.1, -0.05) is 29.3 Å². The summed E-state index contributed by atoms with van der Waals surface area (Å²) in [6, 6.07) is 13.4. The van der Waals surface area contributed by atoms with Gasteiger partial charge in [-0.2, -0.15) is 5.26 Å². The van der Waals surface area contributed by atoms with Crippen molar-refractivity contribution in [3.8, 4) is 11.8 Å². The molecule has 0 amide bonds. The van der Waals surface area contributed by atoms with Crippen molar-refractivity contribution in [2.75, 3.05) is 23.3 Å². The molecule has 0 radical (unpaired) electrons. The van der Waals surface area contributed by atoms with E-state index in [9.17, 15) is 10.1 Å². The van der Waals surface area contributed by atoms with Crippen molar-refractivity contribution >= 4 is 51.4 Å². The van der Waals surface area contributed by atoms with Crippen LogP contribution in [0, 0.1) is 18.3 Å². The molecule has 3 heterocycles. The van der Waals surface area contributed by atoms with Gasteiger partial charge in [-0.05, 0) is 55.7 Å². The van der Waals surface area contributed by atoms with Crippen LogP contribution in [0.15, 0.2) is 53.6 Å². The predicted molar refractivity (Wildman–Crippen MR) is 144 cm³/mol. The molecule has 1 aliphatic rings.